The van der Waals surface area contributed by atoms with Crippen LogP contribution in [0.15, 0.2) is 66.7 Å². The molecular formula is C25H22N2O6. The molecule has 3 aromatic rings. The van der Waals surface area contributed by atoms with Crippen molar-refractivity contribution in [1.29, 1.82) is 0 Å². The van der Waals surface area contributed by atoms with E-state index in [1.54, 1.807) is 0 Å². The van der Waals surface area contributed by atoms with Gasteiger partial charge in [-0.15, -0.1) is 0 Å². The van der Waals surface area contributed by atoms with E-state index >= 15 is 0 Å². The molecule has 5 N–H and O–H groups in total. The third-order valence-corrected chi connectivity index (χ3v) is 5.70. The number of primary amides is 1. The van der Waals surface area contributed by atoms with Crippen molar-refractivity contribution < 1.29 is 29.3 Å². The minimum Gasteiger partial charge on any atom is -0.507 e. The van der Waals surface area contributed by atoms with Crippen molar-refractivity contribution in [2.24, 2.45) is 5.73 Å². The maximum absolute atomic E-state index is 12.4. The van der Waals surface area contributed by atoms with Crippen molar-refractivity contribution in [3.05, 3.63) is 89.0 Å². The summed E-state index contributed by atoms with van der Waals surface area (Å²) in [6.45, 7) is 0.0528. The fourth-order valence-corrected chi connectivity index (χ4v) is 4.13. The number of carboxylic acids is 1. The van der Waals surface area contributed by atoms with Crippen LogP contribution in [0.1, 0.15) is 33.0 Å². The fraction of sp³-hybridized carbons (Fsp3) is 0.160. The van der Waals surface area contributed by atoms with Crippen LogP contribution in [-0.2, 0) is 16.0 Å². The Morgan fingerprint density at radius 3 is 2.15 bits per heavy atom. The molecule has 3 aromatic carbocycles. The van der Waals surface area contributed by atoms with Gasteiger partial charge in [-0.05, 0) is 39.9 Å². The highest BCUT2D eigenvalue weighted by Crippen LogP contribution is 2.44. The van der Waals surface area contributed by atoms with Crippen molar-refractivity contribution in [3.8, 4) is 16.9 Å². The monoisotopic (exact) mass is 446 g/mol. The number of alkyl carbamates (subject to hydrolysis) is 1. The molecule has 1 atom stereocenters. The number of nitrogens with two attached hydrogens (primary N) is 1. The Balaban J connectivity index is 1.44. The molecule has 0 saturated heterocycles. The molecule has 0 heterocycles. The molecule has 33 heavy (non-hydrogen) atoms. The van der Waals surface area contributed by atoms with E-state index in [-0.39, 0.29) is 30.3 Å². The van der Waals surface area contributed by atoms with Crippen LogP contribution in [0.25, 0.3) is 11.1 Å². The zero-order valence-corrected chi connectivity index (χ0v) is 17.5. The van der Waals surface area contributed by atoms with Crippen molar-refractivity contribution >= 4 is 18.0 Å². The highest BCUT2D eigenvalue weighted by Gasteiger charge is 2.30. The number of hydrogen-bond acceptors (Lipinski definition) is 5. The van der Waals surface area contributed by atoms with Gasteiger partial charge in [0, 0.05) is 12.3 Å². The molecule has 0 bridgehead atoms. The first-order valence-corrected chi connectivity index (χ1v) is 10.3. The Labute approximate surface area is 189 Å². The lowest BCUT2D eigenvalue weighted by Gasteiger charge is -2.18. The van der Waals surface area contributed by atoms with Gasteiger partial charge in [-0.2, -0.15) is 0 Å². The molecule has 0 saturated carbocycles. The number of carbonyl (C=O) groups is 3. The third kappa shape index (κ3) is 4.50. The van der Waals surface area contributed by atoms with E-state index in [0.717, 1.165) is 22.3 Å². The van der Waals surface area contributed by atoms with E-state index in [0.29, 0.717) is 5.56 Å². The van der Waals surface area contributed by atoms with Crippen molar-refractivity contribution in [3.63, 3.8) is 0 Å². The zero-order valence-electron chi connectivity index (χ0n) is 17.5. The number of aromatic hydroxyl groups is 1. The highest BCUT2D eigenvalue weighted by atomic mass is 16.5. The van der Waals surface area contributed by atoms with Gasteiger partial charge in [0.05, 0.1) is 5.56 Å². The van der Waals surface area contributed by atoms with E-state index in [4.69, 9.17) is 10.5 Å². The lowest BCUT2D eigenvalue weighted by atomic mass is 9.98. The van der Waals surface area contributed by atoms with Crippen molar-refractivity contribution in [1.82, 2.24) is 5.32 Å². The average Bonchev–Trinajstić information content (AvgIpc) is 3.12. The predicted molar refractivity (Wildman–Crippen MR) is 120 cm³/mol. The molecule has 1 aliphatic rings. The lowest BCUT2D eigenvalue weighted by Crippen LogP contribution is -2.43. The normalized spacial score (nSPS) is 13.0. The van der Waals surface area contributed by atoms with Gasteiger partial charge in [-0.25, -0.2) is 9.59 Å². The maximum Gasteiger partial charge on any atom is 0.407 e. The molecule has 2 amide bonds. The minimum atomic E-state index is -1.30. The number of amides is 2. The van der Waals surface area contributed by atoms with Crippen LogP contribution in [0.4, 0.5) is 4.79 Å². The summed E-state index contributed by atoms with van der Waals surface area (Å²) in [5.74, 6) is -2.56. The van der Waals surface area contributed by atoms with E-state index < -0.39 is 24.0 Å². The first-order chi connectivity index (χ1) is 15.8. The molecule has 0 spiro atoms. The summed E-state index contributed by atoms with van der Waals surface area (Å²) in [5, 5.41) is 21.6. The van der Waals surface area contributed by atoms with Crippen LogP contribution in [0.2, 0.25) is 0 Å². The molecule has 8 heteroatoms. The Kier molecular flexibility index (Phi) is 5.99. The largest absolute Gasteiger partial charge is 0.507 e. The van der Waals surface area contributed by atoms with E-state index in [1.807, 2.05) is 48.5 Å². The SMILES string of the molecule is NC(=O)c1cc(CC(NC(=O)OCC2c3ccccc3-c3ccccc32)C(=O)O)ccc1O. The molecule has 0 aromatic heterocycles. The van der Waals surface area contributed by atoms with Gasteiger partial charge in [-0.1, -0.05) is 54.6 Å². The average molecular weight is 446 g/mol. The minimum absolute atomic E-state index is 0.0528. The van der Waals surface area contributed by atoms with Crippen molar-refractivity contribution in [2.75, 3.05) is 6.61 Å². The van der Waals surface area contributed by atoms with Crippen LogP contribution in [0.5, 0.6) is 5.75 Å². The van der Waals surface area contributed by atoms with Crippen LogP contribution in [0, 0.1) is 0 Å². The molecule has 168 valence electrons. The van der Waals surface area contributed by atoms with Gasteiger partial charge in [0.25, 0.3) is 5.91 Å². The number of rotatable bonds is 7. The molecule has 0 aliphatic heterocycles. The van der Waals surface area contributed by atoms with Gasteiger partial charge < -0.3 is 26.0 Å². The van der Waals surface area contributed by atoms with E-state index in [2.05, 4.69) is 5.32 Å². The summed E-state index contributed by atoms with van der Waals surface area (Å²) in [4.78, 5) is 35.6. The number of phenols is 1. The molecule has 0 fully saturated rings. The molecule has 1 unspecified atom stereocenters. The third-order valence-electron chi connectivity index (χ3n) is 5.70. The van der Waals surface area contributed by atoms with Crippen molar-refractivity contribution in [2.45, 2.75) is 18.4 Å². The number of carbonyl (C=O) groups excluding carboxylic acids is 2. The van der Waals surface area contributed by atoms with Crippen LogP contribution in [0.3, 0.4) is 0 Å². The highest BCUT2D eigenvalue weighted by molar-refractivity contribution is 5.95. The standard InChI is InChI=1S/C25H22N2O6/c26-23(29)19-11-14(9-10-22(19)28)12-21(24(30)31)27-25(32)33-13-20-17-7-3-1-5-15(17)16-6-2-4-8-18(16)20/h1-11,20-21,28H,12-13H2,(H2,26,29)(H,27,32)(H,30,31). The smallest absolute Gasteiger partial charge is 0.407 e. The second kappa shape index (κ2) is 9.04. The molecule has 0 radical (unpaired) electrons. The topological polar surface area (TPSA) is 139 Å². The van der Waals surface area contributed by atoms with E-state index in [9.17, 15) is 24.6 Å². The Bertz CT molecular complexity index is 1190. The number of ether oxygens (including phenoxy) is 1. The number of benzene rings is 3. The summed E-state index contributed by atoms with van der Waals surface area (Å²) in [6, 6.07) is 18.5. The number of fused-ring (bicyclic) bond motifs is 3. The van der Waals surface area contributed by atoms with Gasteiger partial charge >= 0.3 is 12.1 Å². The number of nitrogens with one attached hydrogen (secondary N) is 1. The summed E-state index contributed by atoms with van der Waals surface area (Å²) in [6.07, 6.45) is -0.988. The fourth-order valence-electron chi connectivity index (χ4n) is 4.13. The summed E-state index contributed by atoms with van der Waals surface area (Å²) in [5.41, 5.74) is 9.76. The second-order valence-electron chi connectivity index (χ2n) is 7.78. The van der Waals surface area contributed by atoms with E-state index in [1.165, 1.54) is 18.2 Å². The molecule has 1 aliphatic carbocycles. The van der Waals surface area contributed by atoms with Crippen LogP contribution in [-0.4, -0.2) is 40.8 Å². The number of carboxylic acid groups (broad SMARTS) is 1. The van der Waals surface area contributed by atoms with Crippen LogP contribution >= 0.6 is 0 Å². The Morgan fingerprint density at radius 2 is 1.58 bits per heavy atom. The van der Waals surface area contributed by atoms with Gasteiger partial charge in [0.1, 0.15) is 18.4 Å². The predicted octanol–water partition coefficient (Wildman–Crippen LogP) is 3.03. The second-order valence-corrected chi connectivity index (χ2v) is 7.78. The van der Waals surface area contributed by atoms with Gasteiger partial charge in [-0.3, -0.25) is 4.79 Å². The number of hydrogen-bond donors (Lipinski definition) is 4. The van der Waals surface area contributed by atoms with Gasteiger partial charge in [0.2, 0.25) is 0 Å². The molecular weight excluding hydrogens is 424 g/mol. The van der Waals surface area contributed by atoms with Gasteiger partial charge in [0.15, 0.2) is 0 Å². The lowest BCUT2D eigenvalue weighted by molar-refractivity contribution is -0.139. The Hall–Kier alpha value is -4.33. The summed E-state index contributed by atoms with van der Waals surface area (Å²) < 4.78 is 5.41. The first-order valence-electron chi connectivity index (χ1n) is 10.3. The Morgan fingerprint density at radius 1 is 0.970 bits per heavy atom. The molecule has 8 nitrogen and oxygen atoms in total. The first kappa shape index (κ1) is 21.9. The summed E-state index contributed by atoms with van der Waals surface area (Å²) in [7, 11) is 0. The number of aliphatic carboxylic acids is 1. The van der Waals surface area contributed by atoms with Crippen LogP contribution < -0.4 is 11.1 Å². The summed E-state index contributed by atoms with van der Waals surface area (Å²) >= 11 is 0. The molecule has 4 rings (SSSR count). The maximum atomic E-state index is 12.4. The quantitative estimate of drug-likeness (QED) is 0.440. The zero-order chi connectivity index (χ0) is 23.5.